The quantitative estimate of drug-likeness (QED) is 0.766. The van der Waals surface area contributed by atoms with Crippen LogP contribution in [0.3, 0.4) is 0 Å². The maximum Gasteiger partial charge on any atom is 0.339 e. The monoisotopic (exact) mass is 314 g/mol. The Morgan fingerprint density at radius 2 is 1.43 bits per heavy atom. The number of carbonyl (C=O) groups is 2. The van der Waals surface area contributed by atoms with E-state index in [0.29, 0.717) is 0 Å². The third-order valence-electron chi connectivity index (χ3n) is 3.17. The van der Waals surface area contributed by atoms with Crippen molar-refractivity contribution in [1.29, 1.82) is 0 Å². The van der Waals surface area contributed by atoms with E-state index in [4.69, 9.17) is 14.2 Å². The zero-order valence-corrected chi connectivity index (χ0v) is 13.1. The Hall–Kier alpha value is -2.82. The van der Waals surface area contributed by atoms with E-state index < -0.39 is 11.9 Å². The van der Waals surface area contributed by atoms with Gasteiger partial charge in [-0.05, 0) is 36.8 Å². The highest BCUT2D eigenvalue weighted by Crippen LogP contribution is 2.15. The molecule has 0 saturated carbocycles. The fourth-order valence-corrected chi connectivity index (χ4v) is 2.00. The molecule has 2 rings (SSSR count). The summed E-state index contributed by atoms with van der Waals surface area (Å²) >= 11 is 0. The maximum atomic E-state index is 12.2. The Bertz CT molecular complexity index is 676. The molecule has 5 nitrogen and oxygen atoms in total. The van der Waals surface area contributed by atoms with Crippen LogP contribution in [0.2, 0.25) is 0 Å². The van der Waals surface area contributed by atoms with E-state index in [1.165, 1.54) is 0 Å². The van der Waals surface area contributed by atoms with Crippen LogP contribution < -0.4 is 4.74 Å². The summed E-state index contributed by atoms with van der Waals surface area (Å²) < 4.78 is 15.3. The molecule has 0 atom stereocenters. The highest BCUT2D eigenvalue weighted by atomic mass is 16.5. The Labute approximate surface area is 134 Å². The predicted molar refractivity (Wildman–Crippen MR) is 84.5 cm³/mol. The van der Waals surface area contributed by atoms with Crippen molar-refractivity contribution in [2.75, 3.05) is 13.7 Å². The van der Waals surface area contributed by atoms with E-state index in [-0.39, 0.29) is 24.3 Å². The molecular weight excluding hydrogens is 296 g/mol. The molecule has 0 unspecified atom stereocenters. The second kappa shape index (κ2) is 7.98. The van der Waals surface area contributed by atoms with E-state index >= 15 is 0 Å². The molecule has 2 aromatic rings. The first kappa shape index (κ1) is 16.5. The van der Waals surface area contributed by atoms with Crippen LogP contribution in [0.5, 0.6) is 5.75 Å². The summed E-state index contributed by atoms with van der Waals surface area (Å²) in [5, 5.41) is 0. The van der Waals surface area contributed by atoms with Gasteiger partial charge in [-0.15, -0.1) is 0 Å². The summed E-state index contributed by atoms with van der Waals surface area (Å²) in [5.41, 5.74) is 1.22. The normalized spacial score (nSPS) is 10.0. The van der Waals surface area contributed by atoms with E-state index in [1.54, 1.807) is 50.4 Å². The summed E-state index contributed by atoms with van der Waals surface area (Å²) in [6.45, 7) is 2.07. The largest absolute Gasteiger partial charge is 0.497 e. The van der Waals surface area contributed by atoms with Gasteiger partial charge in [-0.25, -0.2) is 9.59 Å². The fourth-order valence-electron chi connectivity index (χ4n) is 2.00. The second-order valence-corrected chi connectivity index (χ2v) is 4.69. The van der Waals surface area contributed by atoms with Crippen molar-refractivity contribution < 1.29 is 23.8 Å². The number of hydrogen-bond donors (Lipinski definition) is 0. The number of hydrogen-bond acceptors (Lipinski definition) is 5. The van der Waals surface area contributed by atoms with E-state index in [1.807, 2.05) is 12.1 Å². The van der Waals surface area contributed by atoms with Gasteiger partial charge in [-0.1, -0.05) is 24.3 Å². The molecule has 120 valence electrons. The molecular formula is C18H18O5. The summed E-state index contributed by atoms with van der Waals surface area (Å²) in [5.74, 6) is -0.373. The molecule has 0 aliphatic heterocycles. The molecule has 0 saturated heterocycles. The van der Waals surface area contributed by atoms with Crippen molar-refractivity contribution in [3.8, 4) is 5.75 Å². The molecule has 0 spiro atoms. The van der Waals surface area contributed by atoms with Crippen LogP contribution in [-0.2, 0) is 16.1 Å². The van der Waals surface area contributed by atoms with Crippen LogP contribution in [-0.4, -0.2) is 25.7 Å². The highest BCUT2D eigenvalue weighted by Gasteiger charge is 2.18. The van der Waals surface area contributed by atoms with Crippen molar-refractivity contribution >= 4 is 11.9 Å². The first-order chi connectivity index (χ1) is 11.2. The van der Waals surface area contributed by atoms with Crippen molar-refractivity contribution in [1.82, 2.24) is 0 Å². The molecule has 23 heavy (non-hydrogen) atoms. The molecule has 0 radical (unpaired) electrons. The fraction of sp³-hybridized carbons (Fsp3) is 0.222. The van der Waals surface area contributed by atoms with Crippen LogP contribution in [0.4, 0.5) is 0 Å². The minimum atomic E-state index is -0.565. The SMILES string of the molecule is CCOC(=O)c1ccccc1C(=O)OCc1ccc(OC)cc1. The van der Waals surface area contributed by atoms with Gasteiger partial charge in [-0.2, -0.15) is 0 Å². The first-order valence-corrected chi connectivity index (χ1v) is 7.22. The molecule has 0 bridgehead atoms. The number of ether oxygens (including phenoxy) is 3. The zero-order chi connectivity index (χ0) is 16.7. The summed E-state index contributed by atoms with van der Waals surface area (Å²) in [7, 11) is 1.58. The Morgan fingerprint density at radius 1 is 0.870 bits per heavy atom. The summed E-state index contributed by atoms with van der Waals surface area (Å²) in [4.78, 5) is 24.1. The van der Waals surface area contributed by atoms with Gasteiger partial charge in [0.15, 0.2) is 0 Å². The summed E-state index contributed by atoms with van der Waals surface area (Å²) in [6.07, 6.45) is 0. The third-order valence-corrected chi connectivity index (χ3v) is 3.17. The first-order valence-electron chi connectivity index (χ1n) is 7.22. The van der Waals surface area contributed by atoms with Crippen LogP contribution >= 0.6 is 0 Å². The molecule has 0 aromatic heterocycles. The molecule has 0 aliphatic carbocycles. The minimum Gasteiger partial charge on any atom is -0.497 e. The number of carbonyl (C=O) groups excluding carboxylic acids is 2. The van der Waals surface area contributed by atoms with Gasteiger partial charge < -0.3 is 14.2 Å². The topological polar surface area (TPSA) is 61.8 Å². The molecule has 0 fully saturated rings. The predicted octanol–water partition coefficient (Wildman–Crippen LogP) is 3.23. The molecule has 0 amide bonds. The molecule has 2 aromatic carbocycles. The lowest BCUT2D eigenvalue weighted by Gasteiger charge is -2.09. The van der Waals surface area contributed by atoms with E-state index in [2.05, 4.69) is 0 Å². The minimum absolute atomic E-state index is 0.111. The Morgan fingerprint density at radius 3 is 1.96 bits per heavy atom. The van der Waals surface area contributed by atoms with Gasteiger partial charge in [0, 0.05) is 0 Å². The number of esters is 2. The average Bonchev–Trinajstić information content (AvgIpc) is 2.60. The van der Waals surface area contributed by atoms with Gasteiger partial charge in [-0.3, -0.25) is 0 Å². The average molecular weight is 314 g/mol. The van der Waals surface area contributed by atoms with Crippen LogP contribution in [0.1, 0.15) is 33.2 Å². The van der Waals surface area contributed by atoms with Gasteiger partial charge >= 0.3 is 11.9 Å². The third kappa shape index (κ3) is 4.32. The molecule has 0 N–H and O–H groups in total. The highest BCUT2D eigenvalue weighted by molar-refractivity contribution is 6.03. The van der Waals surface area contributed by atoms with Crippen molar-refractivity contribution in [3.63, 3.8) is 0 Å². The van der Waals surface area contributed by atoms with E-state index in [0.717, 1.165) is 11.3 Å². The Balaban J connectivity index is 2.07. The van der Waals surface area contributed by atoms with Crippen LogP contribution in [0.15, 0.2) is 48.5 Å². The Kier molecular flexibility index (Phi) is 5.74. The number of rotatable bonds is 6. The molecule has 0 heterocycles. The van der Waals surface area contributed by atoms with Crippen molar-refractivity contribution in [2.24, 2.45) is 0 Å². The van der Waals surface area contributed by atoms with Crippen LogP contribution in [0, 0.1) is 0 Å². The van der Waals surface area contributed by atoms with Crippen molar-refractivity contribution in [3.05, 3.63) is 65.2 Å². The lowest BCUT2D eigenvalue weighted by Crippen LogP contribution is -2.13. The van der Waals surface area contributed by atoms with Crippen LogP contribution in [0.25, 0.3) is 0 Å². The van der Waals surface area contributed by atoms with Gasteiger partial charge in [0.05, 0.1) is 24.8 Å². The lowest BCUT2D eigenvalue weighted by molar-refractivity contribution is 0.0445. The maximum absolute atomic E-state index is 12.2. The zero-order valence-electron chi connectivity index (χ0n) is 13.1. The number of benzene rings is 2. The molecule has 0 aliphatic rings. The smallest absolute Gasteiger partial charge is 0.339 e. The standard InChI is InChI=1S/C18H18O5/c1-3-22-17(19)15-6-4-5-7-16(15)18(20)23-12-13-8-10-14(21-2)11-9-13/h4-11H,3,12H2,1-2H3. The lowest BCUT2D eigenvalue weighted by atomic mass is 10.1. The van der Waals surface area contributed by atoms with E-state index in [9.17, 15) is 9.59 Å². The van der Waals surface area contributed by atoms with Crippen molar-refractivity contribution in [2.45, 2.75) is 13.5 Å². The van der Waals surface area contributed by atoms with Gasteiger partial charge in [0.1, 0.15) is 12.4 Å². The second-order valence-electron chi connectivity index (χ2n) is 4.69. The van der Waals surface area contributed by atoms with Gasteiger partial charge in [0.2, 0.25) is 0 Å². The summed E-state index contributed by atoms with van der Waals surface area (Å²) in [6, 6.07) is 13.6. The molecule has 5 heteroatoms. The number of methoxy groups -OCH3 is 1. The van der Waals surface area contributed by atoms with Gasteiger partial charge in [0.25, 0.3) is 0 Å².